The summed E-state index contributed by atoms with van der Waals surface area (Å²) in [6, 6.07) is 7.61. The minimum atomic E-state index is -0.00736. The first-order valence-electron chi connectivity index (χ1n) is 7.32. The second-order valence-electron chi connectivity index (χ2n) is 4.95. The van der Waals surface area contributed by atoms with Crippen LogP contribution < -0.4 is 11.1 Å². The summed E-state index contributed by atoms with van der Waals surface area (Å²) in [6.07, 6.45) is 6.11. The quantitative estimate of drug-likeness (QED) is 0.820. The molecule has 0 aliphatic heterocycles. The lowest BCUT2D eigenvalue weighted by atomic mass is 10.2. The molecule has 0 radical (unpaired) electrons. The van der Waals surface area contributed by atoms with Crippen LogP contribution in [0, 0.1) is 0 Å². The number of anilines is 1. The van der Waals surface area contributed by atoms with Crippen molar-refractivity contribution in [3.63, 3.8) is 0 Å². The van der Waals surface area contributed by atoms with Gasteiger partial charge in [-0.15, -0.1) is 0 Å². The van der Waals surface area contributed by atoms with Crippen molar-refractivity contribution in [3.05, 3.63) is 48.0 Å². The Morgan fingerprint density at radius 2 is 2.19 bits per heavy atom. The standard InChI is InChI=1S/C16H22N4O/c1-2-5-15-18-9-11-20(15)10-8-16(21)19-14-7-4-3-6-13(14)12-17/h3-4,6-7,9,11H,2,5,8,10,12,17H2,1H3,(H,19,21). The fourth-order valence-corrected chi connectivity index (χ4v) is 2.25. The number of aryl methyl sites for hydroxylation is 2. The van der Waals surface area contributed by atoms with Crippen LogP contribution in [0.25, 0.3) is 0 Å². The predicted molar refractivity (Wildman–Crippen MR) is 83.8 cm³/mol. The van der Waals surface area contributed by atoms with E-state index in [9.17, 15) is 4.79 Å². The molecule has 2 aromatic rings. The summed E-state index contributed by atoms with van der Waals surface area (Å²) in [6.45, 7) is 3.18. The van der Waals surface area contributed by atoms with Gasteiger partial charge in [0.15, 0.2) is 0 Å². The van der Waals surface area contributed by atoms with Crippen molar-refractivity contribution < 1.29 is 4.79 Å². The summed E-state index contributed by atoms with van der Waals surface area (Å²) >= 11 is 0. The molecule has 1 aromatic carbocycles. The molecule has 0 aliphatic carbocycles. The maximum Gasteiger partial charge on any atom is 0.226 e. The number of carbonyl (C=O) groups is 1. The Bertz CT molecular complexity index is 591. The Kier molecular flexibility index (Phi) is 5.51. The van der Waals surface area contributed by atoms with E-state index < -0.39 is 0 Å². The molecule has 0 bridgehead atoms. The summed E-state index contributed by atoms with van der Waals surface area (Å²) in [5.74, 6) is 1.03. The number of nitrogens with zero attached hydrogens (tertiary/aromatic N) is 2. The number of hydrogen-bond acceptors (Lipinski definition) is 3. The molecule has 0 aliphatic rings. The van der Waals surface area contributed by atoms with Gasteiger partial charge in [0, 0.05) is 44.0 Å². The van der Waals surface area contributed by atoms with E-state index in [4.69, 9.17) is 5.73 Å². The van der Waals surface area contributed by atoms with Gasteiger partial charge in [0.2, 0.25) is 5.91 Å². The topological polar surface area (TPSA) is 72.9 Å². The molecule has 5 nitrogen and oxygen atoms in total. The number of hydrogen-bond donors (Lipinski definition) is 2. The molecule has 0 fully saturated rings. The van der Waals surface area contributed by atoms with E-state index in [0.717, 1.165) is 29.9 Å². The number of nitrogens with one attached hydrogen (secondary N) is 1. The van der Waals surface area contributed by atoms with Gasteiger partial charge in [-0.1, -0.05) is 25.1 Å². The largest absolute Gasteiger partial charge is 0.334 e. The van der Waals surface area contributed by atoms with E-state index in [1.165, 1.54) is 0 Å². The maximum atomic E-state index is 12.1. The van der Waals surface area contributed by atoms with E-state index in [0.29, 0.717) is 19.5 Å². The number of nitrogens with two attached hydrogens (primary N) is 1. The number of aromatic nitrogens is 2. The SMILES string of the molecule is CCCc1nccn1CCC(=O)Nc1ccccc1CN. The van der Waals surface area contributed by atoms with E-state index in [1.807, 2.05) is 35.0 Å². The van der Waals surface area contributed by atoms with Gasteiger partial charge in [-0.05, 0) is 18.1 Å². The molecule has 21 heavy (non-hydrogen) atoms. The number of para-hydroxylation sites is 1. The van der Waals surface area contributed by atoms with Crippen molar-refractivity contribution in [2.75, 3.05) is 5.32 Å². The van der Waals surface area contributed by atoms with Crippen LogP contribution in [-0.2, 0) is 24.3 Å². The second-order valence-corrected chi connectivity index (χ2v) is 4.95. The first kappa shape index (κ1) is 15.3. The lowest BCUT2D eigenvalue weighted by Crippen LogP contribution is -2.16. The Morgan fingerprint density at radius 3 is 2.95 bits per heavy atom. The highest BCUT2D eigenvalue weighted by atomic mass is 16.1. The third kappa shape index (κ3) is 4.16. The van der Waals surface area contributed by atoms with Crippen molar-refractivity contribution in [3.8, 4) is 0 Å². The molecule has 1 heterocycles. The highest BCUT2D eigenvalue weighted by Gasteiger charge is 2.07. The van der Waals surface area contributed by atoms with Gasteiger partial charge in [-0.2, -0.15) is 0 Å². The number of rotatable bonds is 7. The molecule has 0 atom stereocenters. The predicted octanol–water partition coefficient (Wildman–Crippen LogP) is 2.32. The van der Waals surface area contributed by atoms with Gasteiger partial charge in [0.1, 0.15) is 5.82 Å². The smallest absolute Gasteiger partial charge is 0.226 e. The molecule has 1 aromatic heterocycles. The fraction of sp³-hybridized carbons (Fsp3) is 0.375. The first-order valence-corrected chi connectivity index (χ1v) is 7.32. The van der Waals surface area contributed by atoms with Crippen LogP contribution >= 0.6 is 0 Å². The van der Waals surface area contributed by atoms with E-state index in [-0.39, 0.29) is 5.91 Å². The van der Waals surface area contributed by atoms with Gasteiger partial charge in [0.25, 0.3) is 0 Å². The van der Waals surface area contributed by atoms with Gasteiger partial charge >= 0.3 is 0 Å². The lowest BCUT2D eigenvalue weighted by Gasteiger charge is -2.10. The van der Waals surface area contributed by atoms with Crippen LogP contribution in [0.3, 0.4) is 0 Å². The third-order valence-electron chi connectivity index (χ3n) is 3.37. The zero-order chi connectivity index (χ0) is 15.1. The number of imidazole rings is 1. The Balaban J connectivity index is 1.91. The highest BCUT2D eigenvalue weighted by Crippen LogP contribution is 2.14. The van der Waals surface area contributed by atoms with Crippen molar-refractivity contribution >= 4 is 11.6 Å². The second kappa shape index (κ2) is 7.59. The number of benzene rings is 1. The molecule has 1 amide bonds. The zero-order valence-electron chi connectivity index (χ0n) is 12.4. The molecule has 0 saturated heterocycles. The van der Waals surface area contributed by atoms with Gasteiger partial charge in [0.05, 0.1) is 0 Å². The fourth-order valence-electron chi connectivity index (χ4n) is 2.25. The minimum Gasteiger partial charge on any atom is -0.334 e. The molecule has 3 N–H and O–H groups in total. The van der Waals surface area contributed by atoms with Crippen molar-refractivity contribution in [2.24, 2.45) is 5.73 Å². The summed E-state index contributed by atoms with van der Waals surface area (Å²) < 4.78 is 2.04. The zero-order valence-corrected chi connectivity index (χ0v) is 12.4. The Hall–Kier alpha value is -2.14. The molecular weight excluding hydrogens is 264 g/mol. The number of amides is 1. The number of carbonyl (C=O) groups excluding carboxylic acids is 1. The van der Waals surface area contributed by atoms with E-state index in [1.54, 1.807) is 6.20 Å². The van der Waals surface area contributed by atoms with Crippen LogP contribution in [0.15, 0.2) is 36.7 Å². The summed E-state index contributed by atoms with van der Waals surface area (Å²) in [7, 11) is 0. The summed E-state index contributed by atoms with van der Waals surface area (Å²) in [5, 5.41) is 2.92. The van der Waals surface area contributed by atoms with Crippen molar-refractivity contribution in [1.82, 2.24) is 9.55 Å². The third-order valence-corrected chi connectivity index (χ3v) is 3.37. The summed E-state index contributed by atoms with van der Waals surface area (Å²) in [4.78, 5) is 16.4. The van der Waals surface area contributed by atoms with Gasteiger partial charge in [-0.25, -0.2) is 4.98 Å². The van der Waals surface area contributed by atoms with Crippen LogP contribution in [0.4, 0.5) is 5.69 Å². The van der Waals surface area contributed by atoms with E-state index >= 15 is 0 Å². The average molecular weight is 286 g/mol. The van der Waals surface area contributed by atoms with Gasteiger partial charge < -0.3 is 15.6 Å². The maximum absolute atomic E-state index is 12.1. The van der Waals surface area contributed by atoms with Crippen LogP contribution in [0.1, 0.15) is 31.2 Å². The molecule has 0 saturated carbocycles. The highest BCUT2D eigenvalue weighted by molar-refractivity contribution is 5.91. The van der Waals surface area contributed by atoms with Crippen LogP contribution in [-0.4, -0.2) is 15.5 Å². The van der Waals surface area contributed by atoms with Gasteiger partial charge in [-0.3, -0.25) is 4.79 Å². The molecule has 0 unspecified atom stereocenters. The monoisotopic (exact) mass is 286 g/mol. The van der Waals surface area contributed by atoms with E-state index in [2.05, 4.69) is 17.2 Å². The summed E-state index contributed by atoms with van der Waals surface area (Å²) in [5.41, 5.74) is 7.41. The van der Waals surface area contributed by atoms with Crippen molar-refractivity contribution in [2.45, 2.75) is 39.3 Å². The molecule has 112 valence electrons. The Morgan fingerprint density at radius 1 is 1.38 bits per heavy atom. The van der Waals surface area contributed by atoms with Crippen LogP contribution in [0.2, 0.25) is 0 Å². The van der Waals surface area contributed by atoms with Crippen molar-refractivity contribution in [1.29, 1.82) is 0 Å². The molecule has 5 heteroatoms. The minimum absolute atomic E-state index is 0.00736. The molecular formula is C16H22N4O. The Labute approximate surface area is 125 Å². The average Bonchev–Trinajstić information content (AvgIpc) is 2.93. The lowest BCUT2D eigenvalue weighted by molar-refractivity contribution is -0.116. The first-order chi connectivity index (χ1) is 10.2. The molecule has 2 rings (SSSR count). The molecule has 0 spiro atoms. The normalized spacial score (nSPS) is 10.6. The van der Waals surface area contributed by atoms with Crippen LogP contribution in [0.5, 0.6) is 0 Å².